The molecule has 0 aliphatic heterocycles. The van der Waals surface area contributed by atoms with Crippen molar-refractivity contribution < 1.29 is 0 Å². The normalized spacial score (nSPS) is 11.0. The molecule has 2 aromatic heterocycles. The molecule has 0 saturated carbocycles. The van der Waals surface area contributed by atoms with Crippen LogP contribution in [0.1, 0.15) is 24.7 Å². The van der Waals surface area contributed by atoms with E-state index in [-0.39, 0.29) is 17.8 Å². The zero-order valence-electron chi connectivity index (χ0n) is 11.8. The van der Waals surface area contributed by atoms with Crippen LogP contribution in [0.4, 0.5) is 0 Å². The van der Waals surface area contributed by atoms with E-state index in [0.29, 0.717) is 10.1 Å². The predicted octanol–water partition coefficient (Wildman–Crippen LogP) is 1.11. The van der Waals surface area contributed by atoms with Crippen molar-refractivity contribution in [1.82, 2.24) is 18.9 Å². The highest BCUT2D eigenvalue weighted by Gasteiger charge is 2.12. The fraction of sp³-hybridized carbons (Fsp3) is 0.462. The molecule has 0 radical (unpaired) electrons. The average molecular weight is 388 g/mol. The minimum absolute atomic E-state index is 0.246. The molecule has 0 unspecified atom stereocenters. The highest BCUT2D eigenvalue weighted by atomic mass is 127. The van der Waals surface area contributed by atoms with Gasteiger partial charge in [0.15, 0.2) is 0 Å². The minimum Gasteiger partial charge on any atom is -0.299 e. The monoisotopic (exact) mass is 388 g/mol. The summed E-state index contributed by atoms with van der Waals surface area (Å²) < 4.78 is 5.11. The Morgan fingerprint density at radius 2 is 2.05 bits per heavy atom. The first-order valence-corrected chi connectivity index (χ1v) is 7.51. The zero-order valence-corrected chi connectivity index (χ0v) is 13.9. The first-order valence-electron chi connectivity index (χ1n) is 6.43. The van der Waals surface area contributed by atoms with Gasteiger partial charge in [-0.15, -0.1) is 0 Å². The van der Waals surface area contributed by atoms with Crippen molar-refractivity contribution in [1.29, 1.82) is 0 Å². The lowest BCUT2D eigenvalue weighted by Crippen LogP contribution is -2.41. The van der Waals surface area contributed by atoms with Gasteiger partial charge in [0.1, 0.15) is 0 Å². The molecule has 0 aromatic carbocycles. The number of aromatic nitrogens is 4. The molecule has 0 aliphatic carbocycles. The Kier molecular flexibility index (Phi) is 4.46. The smallest absolute Gasteiger partial charge is 0.299 e. The Balaban J connectivity index is 2.53. The zero-order chi connectivity index (χ0) is 14.9. The highest BCUT2D eigenvalue weighted by molar-refractivity contribution is 14.1. The largest absolute Gasteiger partial charge is 0.331 e. The lowest BCUT2D eigenvalue weighted by Gasteiger charge is -2.10. The summed E-state index contributed by atoms with van der Waals surface area (Å²) in [6.45, 7) is 4.74. The van der Waals surface area contributed by atoms with Crippen molar-refractivity contribution >= 4 is 22.6 Å². The summed E-state index contributed by atoms with van der Waals surface area (Å²) in [5.41, 5.74) is 1.19. The van der Waals surface area contributed by atoms with Crippen LogP contribution in [0.2, 0.25) is 0 Å². The number of aryl methyl sites for hydroxylation is 3. The highest BCUT2D eigenvalue weighted by Crippen LogP contribution is 2.03. The topological polar surface area (TPSA) is 61.8 Å². The molecule has 20 heavy (non-hydrogen) atoms. The molecule has 0 aliphatic rings. The fourth-order valence-corrected chi connectivity index (χ4v) is 2.76. The summed E-state index contributed by atoms with van der Waals surface area (Å²) in [5, 5.41) is 4.24. The number of nitrogens with zero attached hydrogens (tertiary/aromatic N) is 4. The SMILES string of the molecule is CCCn1cc(I)c(=O)n(Cc2cc(C)nn2C)c1=O. The maximum atomic E-state index is 12.3. The number of hydrogen-bond acceptors (Lipinski definition) is 3. The molecular weight excluding hydrogens is 371 g/mol. The molecule has 0 fully saturated rings. The van der Waals surface area contributed by atoms with E-state index < -0.39 is 0 Å². The van der Waals surface area contributed by atoms with Gasteiger partial charge in [0, 0.05) is 19.8 Å². The van der Waals surface area contributed by atoms with E-state index in [1.807, 2.05) is 49.6 Å². The molecule has 0 saturated heterocycles. The van der Waals surface area contributed by atoms with Crippen molar-refractivity contribution in [2.75, 3.05) is 0 Å². The van der Waals surface area contributed by atoms with Gasteiger partial charge in [0.25, 0.3) is 5.56 Å². The summed E-state index contributed by atoms with van der Waals surface area (Å²) in [4.78, 5) is 24.5. The van der Waals surface area contributed by atoms with Crippen LogP contribution >= 0.6 is 22.6 Å². The Morgan fingerprint density at radius 3 is 2.60 bits per heavy atom. The Labute approximate surface area is 130 Å². The van der Waals surface area contributed by atoms with Gasteiger partial charge in [0.2, 0.25) is 0 Å². The molecule has 2 heterocycles. The molecule has 7 heteroatoms. The quantitative estimate of drug-likeness (QED) is 0.738. The van der Waals surface area contributed by atoms with E-state index in [4.69, 9.17) is 0 Å². The average Bonchev–Trinajstić information content (AvgIpc) is 2.70. The third-order valence-electron chi connectivity index (χ3n) is 3.08. The standard InChI is InChI=1S/C13H17IN4O2/c1-4-5-17-8-11(14)12(19)18(13(17)20)7-10-6-9(2)15-16(10)3/h6,8H,4-5,7H2,1-3H3. The molecule has 6 nitrogen and oxygen atoms in total. The molecular formula is C13H17IN4O2. The van der Waals surface area contributed by atoms with Crippen molar-refractivity contribution in [3.63, 3.8) is 0 Å². The number of rotatable bonds is 4. The summed E-state index contributed by atoms with van der Waals surface area (Å²) in [7, 11) is 1.81. The van der Waals surface area contributed by atoms with Gasteiger partial charge in [0.05, 0.1) is 21.5 Å². The van der Waals surface area contributed by atoms with Crippen LogP contribution in [-0.4, -0.2) is 18.9 Å². The van der Waals surface area contributed by atoms with Crippen molar-refractivity contribution in [2.45, 2.75) is 33.4 Å². The first-order chi connectivity index (χ1) is 9.43. The van der Waals surface area contributed by atoms with Crippen LogP contribution in [0.25, 0.3) is 0 Å². The summed E-state index contributed by atoms with van der Waals surface area (Å²) in [5.74, 6) is 0. The van der Waals surface area contributed by atoms with Gasteiger partial charge >= 0.3 is 5.69 Å². The van der Waals surface area contributed by atoms with Crippen molar-refractivity contribution in [3.8, 4) is 0 Å². The van der Waals surface area contributed by atoms with Gasteiger partial charge in [-0.3, -0.25) is 18.6 Å². The van der Waals surface area contributed by atoms with Gasteiger partial charge in [-0.2, -0.15) is 5.10 Å². The molecule has 2 aromatic rings. The van der Waals surface area contributed by atoms with E-state index in [1.54, 1.807) is 15.4 Å². The van der Waals surface area contributed by atoms with Crippen LogP contribution in [0, 0.1) is 10.5 Å². The van der Waals surface area contributed by atoms with Crippen LogP contribution in [0.15, 0.2) is 21.9 Å². The molecule has 0 bridgehead atoms. The summed E-state index contributed by atoms with van der Waals surface area (Å²) >= 11 is 1.97. The second kappa shape index (κ2) is 5.94. The van der Waals surface area contributed by atoms with Crippen LogP contribution in [0.5, 0.6) is 0 Å². The molecule has 108 valence electrons. The van der Waals surface area contributed by atoms with E-state index in [9.17, 15) is 9.59 Å². The molecule has 0 N–H and O–H groups in total. The number of hydrogen-bond donors (Lipinski definition) is 0. The lowest BCUT2D eigenvalue weighted by molar-refractivity contribution is 0.551. The van der Waals surface area contributed by atoms with E-state index in [0.717, 1.165) is 17.8 Å². The Morgan fingerprint density at radius 1 is 1.35 bits per heavy atom. The van der Waals surface area contributed by atoms with E-state index in [2.05, 4.69) is 5.10 Å². The molecule has 0 amide bonds. The second-order valence-electron chi connectivity index (χ2n) is 4.74. The molecule has 0 atom stereocenters. The molecule has 2 rings (SSSR count). The van der Waals surface area contributed by atoms with Crippen molar-refractivity contribution in [2.24, 2.45) is 7.05 Å². The van der Waals surface area contributed by atoms with Gasteiger partial charge in [-0.05, 0) is 42.0 Å². The third-order valence-corrected chi connectivity index (χ3v) is 3.82. The Hall–Kier alpha value is -1.38. The Bertz CT molecular complexity index is 742. The lowest BCUT2D eigenvalue weighted by atomic mass is 10.3. The molecule has 0 spiro atoms. The van der Waals surface area contributed by atoms with E-state index >= 15 is 0 Å². The van der Waals surface area contributed by atoms with Crippen LogP contribution in [-0.2, 0) is 20.1 Å². The van der Waals surface area contributed by atoms with Crippen LogP contribution in [0.3, 0.4) is 0 Å². The van der Waals surface area contributed by atoms with Crippen molar-refractivity contribution in [3.05, 3.63) is 48.1 Å². The number of halogens is 1. The maximum absolute atomic E-state index is 12.3. The van der Waals surface area contributed by atoms with Gasteiger partial charge < -0.3 is 0 Å². The summed E-state index contributed by atoms with van der Waals surface area (Å²) in [6.07, 6.45) is 2.47. The second-order valence-corrected chi connectivity index (χ2v) is 5.91. The summed E-state index contributed by atoms with van der Waals surface area (Å²) in [6, 6.07) is 1.88. The van der Waals surface area contributed by atoms with Gasteiger partial charge in [-0.25, -0.2) is 4.79 Å². The third kappa shape index (κ3) is 2.87. The predicted molar refractivity (Wildman–Crippen MR) is 85.0 cm³/mol. The van der Waals surface area contributed by atoms with E-state index in [1.165, 1.54) is 4.57 Å². The van der Waals surface area contributed by atoms with Crippen LogP contribution < -0.4 is 11.2 Å². The minimum atomic E-state index is -0.267. The maximum Gasteiger partial charge on any atom is 0.331 e. The first kappa shape index (κ1) is 15.0. The van der Waals surface area contributed by atoms with Gasteiger partial charge in [-0.1, -0.05) is 6.92 Å². The fourth-order valence-electron chi connectivity index (χ4n) is 2.13.